The summed E-state index contributed by atoms with van der Waals surface area (Å²) in [6.07, 6.45) is 2.81. The van der Waals surface area contributed by atoms with Crippen LogP contribution in [0.3, 0.4) is 0 Å². The molecule has 2 aromatic rings. The van der Waals surface area contributed by atoms with Gasteiger partial charge in [0.25, 0.3) is 11.5 Å². The molecule has 2 aliphatic rings. The number of piperidine rings is 1. The fourth-order valence-corrected chi connectivity index (χ4v) is 5.03. The summed E-state index contributed by atoms with van der Waals surface area (Å²) in [4.78, 5) is 27.5. The van der Waals surface area contributed by atoms with E-state index in [1.54, 1.807) is 17.0 Å². The highest BCUT2D eigenvalue weighted by atomic mass is 19.3. The van der Waals surface area contributed by atoms with Crippen LogP contribution in [-0.2, 0) is 0 Å². The number of alkyl halides is 2. The Balaban J connectivity index is 1.65. The number of nitrogens with zero attached hydrogens (tertiary/aromatic N) is 4. The van der Waals surface area contributed by atoms with Crippen molar-refractivity contribution in [3.05, 3.63) is 51.7 Å². The molecule has 2 bridgehead atoms. The predicted octanol–water partition coefficient (Wildman–Crippen LogP) is 3.99. The van der Waals surface area contributed by atoms with Crippen molar-refractivity contribution in [3.8, 4) is 0 Å². The molecule has 6 nitrogen and oxygen atoms in total. The van der Waals surface area contributed by atoms with Crippen molar-refractivity contribution in [3.63, 3.8) is 0 Å². The monoisotopic (exact) mass is 418 g/mol. The number of carbonyl (C=O) groups is 1. The van der Waals surface area contributed by atoms with E-state index in [2.05, 4.69) is 18.9 Å². The van der Waals surface area contributed by atoms with Crippen molar-refractivity contribution in [2.75, 3.05) is 13.1 Å². The van der Waals surface area contributed by atoms with Gasteiger partial charge in [-0.2, -0.15) is 13.9 Å². The molecule has 2 aliphatic heterocycles. The first-order valence-electron chi connectivity index (χ1n) is 10.6. The lowest BCUT2D eigenvalue weighted by Gasteiger charge is -2.47. The Kier molecular flexibility index (Phi) is 5.51. The fourth-order valence-electron chi connectivity index (χ4n) is 5.03. The number of amides is 1. The largest absolute Gasteiger partial charge is 0.336 e. The van der Waals surface area contributed by atoms with Crippen LogP contribution < -0.4 is 5.56 Å². The highest BCUT2D eigenvalue weighted by molar-refractivity contribution is 5.92. The zero-order chi connectivity index (χ0) is 21.6. The summed E-state index contributed by atoms with van der Waals surface area (Å²) in [5, 5.41) is 3.84. The van der Waals surface area contributed by atoms with Gasteiger partial charge < -0.3 is 9.47 Å². The van der Waals surface area contributed by atoms with Crippen molar-refractivity contribution in [2.24, 2.45) is 11.8 Å². The third-order valence-electron chi connectivity index (χ3n) is 6.45. The highest BCUT2D eigenvalue weighted by Gasteiger charge is 2.42. The molecule has 0 spiro atoms. The van der Waals surface area contributed by atoms with Crippen molar-refractivity contribution in [2.45, 2.75) is 58.5 Å². The molecule has 1 saturated heterocycles. The second-order valence-electron chi connectivity index (χ2n) is 8.99. The van der Waals surface area contributed by atoms with Gasteiger partial charge in [-0.05, 0) is 50.2 Å². The van der Waals surface area contributed by atoms with Crippen LogP contribution in [0.25, 0.3) is 0 Å². The maximum absolute atomic E-state index is 13.1. The molecule has 8 heteroatoms. The number of pyridine rings is 1. The molecule has 2 aromatic heterocycles. The van der Waals surface area contributed by atoms with Gasteiger partial charge in [0.15, 0.2) is 5.69 Å². The summed E-state index contributed by atoms with van der Waals surface area (Å²) in [6, 6.07) is 6.84. The lowest BCUT2D eigenvalue weighted by molar-refractivity contribution is 0.0472. The Bertz CT molecular complexity index is 997. The number of fused-ring (bicyclic) bond motifs is 4. The molecule has 1 amide bonds. The molecule has 4 rings (SSSR count). The lowest BCUT2D eigenvalue weighted by atomic mass is 9.76. The number of aromatic nitrogens is 3. The van der Waals surface area contributed by atoms with Crippen LogP contribution >= 0.6 is 0 Å². The molecule has 0 aliphatic carbocycles. The minimum Gasteiger partial charge on any atom is -0.336 e. The zero-order valence-corrected chi connectivity index (χ0v) is 17.6. The number of likely N-dealkylation sites (tertiary alicyclic amines) is 1. The normalized spacial score (nSPS) is 23.2. The van der Waals surface area contributed by atoms with Gasteiger partial charge in [-0.3, -0.25) is 9.59 Å². The Morgan fingerprint density at radius 2 is 2.03 bits per heavy atom. The van der Waals surface area contributed by atoms with E-state index in [1.807, 2.05) is 10.6 Å². The van der Waals surface area contributed by atoms with Crippen LogP contribution in [0.5, 0.6) is 0 Å². The minimum atomic E-state index is -2.77. The Morgan fingerprint density at radius 3 is 2.70 bits per heavy atom. The van der Waals surface area contributed by atoms with Crippen LogP contribution in [0.1, 0.15) is 73.5 Å². The van der Waals surface area contributed by atoms with Crippen molar-refractivity contribution < 1.29 is 13.6 Å². The minimum absolute atomic E-state index is 0.0158. The first kappa shape index (κ1) is 20.8. The van der Waals surface area contributed by atoms with Gasteiger partial charge >= 0.3 is 6.55 Å². The SMILES string of the molecule is Cc1cc(C(=O)N2C[C@H]3C[C@@H](C2)[C@H](CCC(C)C)n2c3cccc2=O)nn1C(F)F. The standard InChI is InChI=1S/C22H28F2N4O2/c1-13(2)7-8-19-16-10-15(18-5-4-6-20(29)27(18)19)11-26(12-16)21(30)17-9-14(3)28(25-17)22(23)24/h4-6,9,13,15-16,19,22H,7-8,10-12H2,1-3H3/t15-,16+,19+/m1/s1. The maximum atomic E-state index is 13.1. The van der Waals surface area contributed by atoms with Gasteiger partial charge in [-0.1, -0.05) is 19.9 Å². The first-order chi connectivity index (χ1) is 14.3. The Labute approximate surface area is 174 Å². The molecule has 0 saturated carbocycles. The maximum Gasteiger partial charge on any atom is 0.333 e. The van der Waals surface area contributed by atoms with E-state index in [1.165, 1.54) is 13.0 Å². The summed E-state index contributed by atoms with van der Waals surface area (Å²) in [6.45, 7) is 4.06. The van der Waals surface area contributed by atoms with Gasteiger partial charge in [0.05, 0.1) is 0 Å². The van der Waals surface area contributed by atoms with E-state index >= 15 is 0 Å². The topological polar surface area (TPSA) is 60.1 Å². The molecule has 3 atom stereocenters. The first-order valence-corrected chi connectivity index (χ1v) is 10.6. The van der Waals surface area contributed by atoms with Crippen LogP contribution in [0, 0.1) is 18.8 Å². The van der Waals surface area contributed by atoms with E-state index in [-0.39, 0.29) is 40.7 Å². The molecule has 0 radical (unpaired) electrons. The number of aryl methyl sites for hydroxylation is 1. The van der Waals surface area contributed by atoms with Crippen molar-refractivity contribution in [1.29, 1.82) is 0 Å². The average Bonchev–Trinajstić information content (AvgIpc) is 3.09. The summed E-state index contributed by atoms with van der Waals surface area (Å²) < 4.78 is 28.7. The number of halogens is 2. The molecule has 1 fully saturated rings. The van der Waals surface area contributed by atoms with Gasteiger partial charge in [-0.25, -0.2) is 4.68 Å². The number of hydrogen-bond acceptors (Lipinski definition) is 3. The summed E-state index contributed by atoms with van der Waals surface area (Å²) in [5.74, 6) is 0.433. The number of hydrogen-bond donors (Lipinski definition) is 0. The van der Waals surface area contributed by atoms with Crippen molar-refractivity contribution >= 4 is 5.91 Å². The number of rotatable bonds is 5. The van der Waals surface area contributed by atoms with E-state index in [9.17, 15) is 18.4 Å². The Hall–Kier alpha value is -2.51. The van der Waals surface area contributed by atoms with E-state index < -0.39 is 6.55 Å². The molecule has 30 heavy (non-hydrogen) atoms. The predicted molar refractivity (Wildman–Crippen MR) is 109 cm³/mol. The Morgan fingerprint density at radius 1 is 1.27 bits per heavy atom. The van der Waals surface area contributed by atoms with Gasteiger partial charge in [0.2, 0.25) is 0 Å². The van der Waals surface area contributed by atoms with E-state index in [0.29, 0.717) is 23.7 Å². The fraction of sp³-hybridized carbons (Fsp3) is 0.591. The smallest absolute Gasteiger partial charge is 0.333 e. The number of carbonyl (C=O) groups excluding carboxylic acids is 1. The summed E-state index contributed by atoms with van der Waals surface area (Å²) in [5.41, 5.74) is 1.30. The van der Waals surface area contributed by atoms with Crippen LogP contribution in [-0.4, -0.2) is 38.2 Å². The molecular formula is C22H28F2N4O2. The second-order valence-corrected chi connectivity index (χ2v) is 8.99. The van der Waals surface area contributed by atoms with E-state index in [4.69, 9.17) is 0 Å². The molecular weight excluding hydrogens is 390 g/mol. The molecule has 4 heterocycles. The van der Waals surface area contributed by atoms with Crippen LogP contribution in [0.4, 0.5) is 8.78 Å². The van der Waals surface area contributed by atoms with Gasteiger partial charge in [0, 0.05) is 42.5 Å². The summed E-state index contributed by atoms with van der Waals surface area (Å²) in [7, 11) is 0. The zero-order valence-electron chi connectivity index (χ0n) is 17.6. The van der Waals surface area contributed by atoms with Crippen LogP contribution in [0.2, 0.25) is 0 Å². The second kappa shape index (κ2) is 7.96. The van der Waals surface area contributed by atoms with Crippen molar-refractivity contribution in [1.82, 2.24) is 19.2 Å². The van der Waals surface area contributed by atoms with E-state index in [0.717, 1.165) is 25.0 Å². The third kappa shape index (κ3) is 3.68. The lowest BCUT2D eigenvalue weighted by Crippen LogP contribution is -2.51. The quantitative estimate of drug-likeness (QED) is 0.738. The van der Waals surface area contributed by atoms with Gasteiger partial charge in [0.1, 0.15) is 0 Å². The molecule has 162 valence electrons. The highest BCUT2D eigenvalue weighted by Crippen LogP contribution is 2.43. The molecule has 0 aromatic carbocycles. The third-order valence-corrected chi connectivity index (χ3v) is 6.45. The summed E-state index contributed by atoms with van der Waals surface area (Å²) >= 11 is 0. The van der Waals surface area contributed by atoms with Gasteiger partial charge in [-0.15, -0.1) is 0 Å². The molecule has 0 N–H and O–H groups in total. The van der Waals surface area contributed by atoms with Crippen LogP contribution in [0.15, 0.2) is 29.1 Å². The average molecular weight is 418 g/mol. The molecule has 0 unspecified atom stereocenters.